The summed E-state index contributed by atoms with van der Waals surface area (Å²) >= 11 is 0. The van der Waals surface area contributed by atoms with E-state index in [1.807, 2.05) is 24.4 Å². The standard InChI is InChI=1S/C30H33F2N3O4/c1-18(2)35-10-8-23-25(24-7-9-34-26(15-33)30(24)32)11-20(12-27(23)35)17-38-28-14-22(31)6-5-21(28)13-29(36)39-19(3)16-37-4/h5-12,14,18-19H,13,15-17,33H2,1-4H3. The van der Waals surface area contributed by atoms with Crippen molar-refractivity contribution in [1.82, 2.24) is 9.55 Å². The summed E-state index contributed by atoms with van der Waals surface area (Å²) in [4.78, 5) is 16.5. The topological polar surface area (TPSA) is 88.6 Å². The molecule has 0 aliphatic rings. The van der Waals surface area contributed by atoms with Crippen molar-refractivity contribution in [2.24, 2.45) is 5.73 Å². The fraction of sp³-hybridized carbons (Fsp3) is 0.333. The van der Waals surface area contributed by atoms with E-state index in [1.54, 1.807) is 19.2 Å². The first-order valence-corrected chi connectivity index (χ1v) is 12.8. The number of methoxy groups -OCH3 is 1. The Hall–Kier alpha value is -3.82. The van der Waals surface area contributed by atoms with Crippen LogP contribution >= 0.6 is 0 Å². The molecule has 0 radical (unpaired) electrons. The lowest BCUT2D eigenvalue weighted by Gasteiger charge is -2.16. The number of nitrogens with two attached hydrogens (primary N) is 1. The Morgan fingerprint density at radius 2 is 1.87 bits per heavy atom. The van der Waals surface area contributed by atoms with Crippen LogP contribution < -0.4 is 10.5 Å². The number of halogens is 2. The van der Waals surface area contributed by atoms with Gasteiger partial charge < -0.3 is 24.5 Å². The molecule has 2 heterocycles. The number of fused-ring (bicyclic) bond motifs is 1. The van der Waals surface area contributed by atoms with Crippen LogP contribution in [0.3, 0.4) is 0 Å². The van der Waals surface area contributed by atoms with Gasteiger partial charge in [0, 0.05) is 60.2 Å². The molecule has 0 saturated heterocycles. The van der Waals surface area contributed by atoms with Crippen LogP contribution in [0.5, 0.6) is 5.75 Å². The highest BCUT2D eigenvalue weighted by Gasteiger charge is 2.18. The summed E-state index contributed by atoms with van der Waals surface area (Å²) in [5, 5.41) is 0.875. The van der Waals surface area contributed by atoms with Gasteiger partial charge in [-0.05, 0) is 62.2 Å². The monoisotopic (exact) mass is 537 g/mol. The van der Waals surface area contributed by atoms with Gasteiger partial charge in [0.25, 0.3) is 0 Å². The Labute approximate surface area is 226 Å². The number of carbonyl (C=O) groups is 1. The fourth-order valence-electron chi connectivity index (χ4n) is 4.57. The first-order chi connectivity index (χ1) is 18.7. The van der Waals surface area contributed by atoms with Crippen molar-refractivity contribution in [3.05, 3.63) is 83.3 Å². The maximum Gasteiger partial charge on any atom is 0.310 e. The molecule has 39 heavy (non-hydrogen) atoms. The summed E-state index contributed by atoms with van der Waals surface area (Å²) < 4.78 is 48.0. The second kappa shape index (κ2) is 12.4. The molecule has 206 valence electrons. The molecule has 0 spiro atoms. The highest BCUT2D eigenvalue weighted by atomic mass is 19.1. The molecule has 0 amide bonds. The highest BCUT2D eigenvalue weighted by molar-refractivity contribution is 5.96. The second-order valence-corrected chi connectivity index (χ2v) is 9.69. The van der Waals surface area contributed by atoms with Crippen LogP contribution in [-0.2, 0) is 33.8 Å². The van der Waals surface area contributed by atoms with E-state index in [4.69, 9.17) is 19.9 Å². The number of carbonyl (C=O) groups excluding carboxylic acids is 1. The van der Waals surface area contributed by atoms with Gasteiger partial charge in [0.2, 0.25) is 0 Å². The number of hydrogen-bond acceptors (Lipinski definition) is 6. The zero-order valence-corrected chi connectivity index (χ0v) is 22.5. The minimum atomic E-state index is -0.493. The first kappa shape index (κ1) is 28.2. The highest BCUT2D eigenvalue weighted by Crippen LogP contribution is 2.35. The van der Waals surface area contributed by atoms with Crippen LogP contribution in [0, 0.1) is 11.6 Å². The maximum atomic E-state index is 15.3. The molecule has 1 atom stereocenters. The zero-order chi connectivity index (χ0) is 28.1. The number of nitrogens with zero attached hydrogens (tertiary/aromatic N) is 2. The molecular formula is C30H33F2N3O4. The zero-order valence-electron chi connectivity index (χ0n) is 22.5. The largest absolute Gasteiger partial charge is 0.488 e. The van der Waals surface area contributed by atoms with Crippen LogP contribution in [0.2, 0.25) is 0 Å². The third kappa shape index (κ3) is 6.43. The van der Waals surface area contributed by atoms with E-state index in [2.05, 4.69) is 23.4 Å². The molecule has 0 saturated carbocycles. The number of hydrogen-bond donors (Lipinski definition) is 1. The van der Waals surface area contributed by atoms with Crippen molar-refractivity contribution in [2.45, 2.75) is 52.5 Å². The summed E-state index contributed by atoms with van der Waals surface area (Å²) in [5.41, 5.74) is 9.09. The van der Waals surface area contributed by atoms with Gasteiger partial charge in [-0.3, -0.25) is 9.78 Å². The van der Waals surface area contributed by atoms with Crippen LogP contribution in [-0.4, -0.2) is 35.3 Å². The number of pyridine rings is 1. The van der Waals surface area contributed by atoms with Crippen molar-refractivity contribution in [1.29, 1.82) is 0 Å². The van der Waals surface area contributed by atoms with E-state index in [-0.39, 0.29) is 43.7 Å². The van der Waals surface area contributed by atoms with Crippen LogP contribution in [0.15, 0.2) is 54.9 Å². The molecule has 0 aliphatic heterocycles. The molecule has 2 aromatic carbocycles. The lowest BCUT2D eigenvalue weighted by molar-refractivity contribution is -0.149. The van der Waals surface area contributed by atoms with Crippen LogP contribution in [0.1, 0.15) is 43.6 Å². The Morgan fingerprint density at radius 1 is 1.08 bits per heavy atom. The molecule has 0 fully saturated rings. The summed E-state index contributed by atoms with van der Waals surface area (Å²) in [6.45, 7) is 6.17. The van der Waals surface area contributed by atoms with E-state index >= 15 is 4.39 Å². The van der Waals surface area contributed by atoms with E-state index < -0.39 is 23.7 Å². The molecule has 4 aromatic rings. The summed E-state index contributed by atoms with van der Waals surface area (Å²) in [6, 6.07) is 11.6. The summed E-state index contributed by atoms with van der Waals surface area (Å²) in [6.07, 6.45) is 3.00. The van der Waals surface area contributed by atoms with Gasteiger partial charge in [0.05, 0.1) is 18.7 Å². The smallest absolute Gasteiger partial charge is 0.310 e. The Bertz CT molecular complexity index is 1470. The van der Waals surface area contributed by atoms with E-state index in [0.29, 0.717) is 16.7 Å². The van der Waals surface area contributed by atoms with Gasteiger partial charge in [-0.1, -0.05) is 6.07 Å². The molecule has 2 aromatic heterocycles. The van der Waals surface area contributed by atoms with Gasteiger partial charge in [0.1, 0.15) is 24.3 Å². The maximum absolute atomic E-state index is 15.3. The third-order valence-electron chi connectivity index (χ3n) is 6.39. The van der Waals surface area contributed by atoms with E-state index in [9.17, 15) is 9.18 Å². The Morgan fingerprint density at radius 3 is 2.59 bits per heavy atom. The van der Waals surface area contributed by atoms with Gasteiger partial charge in [-0.15, -0.1) is 0 Å². The van der Waals surface area contributed by atoms with Gasteiger partial charge in [0.15, 0.2) is 5.82 Å². The fourth-order valence-corrected chi connectivity index (χ4v) is 4.57. The SMILES string of the molecule is COCC(C)OC(=O)Cc1ccc(F)cc1OCc1cc(-c2ccnc(CN)c2F)c2ccn(C(C)C)c2c1. The predicted octanol–water partition coefficient (Wildman–Crippen LogP) is 5.72. The van der Waals surface area contributed by atoms with Crippen molar-refractivity contribution in [2.75, 3.05) is 13.7 Å². The quantitative estimate of drug-likeness (QED) is 0.246. The van der Waals surface area contributed by atoms with Crippen molar-refractivity contribution in [3.8, 4) is 16.9 Å². The lowest BCUT2D eigenvalue weighted by Crippen LogP contribution is -2.21. The van der Waals surface area contributed by atoms with Gasteiger partial charge in [-0.25, -0.2) is 8.78 Å². The minimum absolute atomic E-state index is 0.0202. The number of benzene rings is 2. The molecule has 9 heteroatoms. The van der Waals surface area contributed by atoms with E-state index in [0.717, 1.165) is 16.5 Å². The average Bonchev–Trinajstić information content (AvgIpc) is 3.33. The van der Waals surface area contributed by atoms with Crippen molar-refractivity contribution < 1.29 is 27.8 Å². The van der Waals surface area contributed by atoms with Gasteiger partial charge in [-0.2, -0.15) is 0 Å². The number of rotatable bonds is 11. The number of aromatic nitrogens is 2. The van der Waals surface area contributed by atoms with Crippen LogP contribution in [0.4, 0.5) is 8.78 Å². The van der Waals surface area contributed by atoms with Crippen molar-refractivity contribution >= 4 is 16.9 Å². The third-order valence-corrected chi connectivity index (χ3v) is 6.39. The molecule has 1 unspecified atom stereocenters. The van der Waals surface area contributed by atoms with Crippen LogP contribution in [0.25, 0.3) is 22.0 Å². The molecule has 0 aliphatic carbocycles. The van der Waals surface area contributed by atoms with E-state index in [1.165, 1.54) is 25.3 Å². The van der Waals surface area contributed by atoms with Crippen molar-refractivity contribution in [3.63, 3.8) is 0 Å². The normalized spacial score (nSPS) is 12.2. The molecule has 4 rings (SSSR count). The Kier molecular flexibility index (Phi) is 8.93. The molecular weight excluding hydrogens is 504 g/mol. The average molecular weight is 538 g/mol. The minimum Gasteiger partial charge on any atom is -0.488 e. The summed E-state index contributed by atoms with van der Waals surface area (Å²) in [5.74, 6) is -1.20. The summed E-state index contributed by atoms with van der Waals surface area (Å²) in [7, 11) is 1.53. The Balaban J connectivity index is 1.68. The number of ether oxygens (including phenoxy) is 3. The number of esters is 1. The second-order valence-electron chi connectivity index (χ2n) is 9.69. The molecule has 2 N–H and O–H groups in total. The predicted molar refractivity (Wildman–Crippen MR) is 145 cm³/mol. The lowest BCUT2D eigenvalue weighted by atomic mass is 9.98. The van der Waals surface area contributed by atoms with Gasteiger partial charge >= 0.3 is 5.97 Å². The molecule has 7 nitrogen and oxygen atoms in total. The first-order valence-electron chi connectivity index (χ1n) is 12.8. The molecule has 0 bridgehead atoms.